The van der Waals surface area contributed by atoms with Gasteiger partial charge in [-0.2, -0.15) is 0 Å². The van der Waals surface area contributed by atoms with Gasteiger partial charge >= 0.3 is 39.5 Å². The first kappa shape index (κ1) is 89.1. The van der Waals surface area contributed by atoms with Gasteiger partial charge in [-0.05, 0) is 37.5 Å². The summed E-state index contributed by atoms with van der Waals surface area (Å²) in [5, 5.41) is 10.6. The molecule has 0 fully saturated rings. The first-order chi connectivity index (χ1) is 43.9. The molecular formula is C72H140O17P2. The molecule has 19 heteroatoms. The molecule has 0 bridgehead atoms. The van der Waals surface area contributed by atoms with E-state index >= 15 is 0 Å². The van der Waals surface area contributed by atoms with Crippen molar-refractivity contribution in [1.82, 2.24) is 0 Å². The zero-order valence-corrected chi connectivity index (χ0v) is 60.9. The summed E-state index contributed by atoms with van der Waals surface area (Å²) in [6.45, 7) is 9.46. The summed E-state index contributed by atoms with van der Waals surface area (Å²) in [6.07, 6.45) is 50.3. The van der Waals surface area contributed by atoms with E-state index in [0.717, 1.165) is 109 Å². The topological polar surface area (TPSA) is 237 Å². The molecule has 0 radical (unpaired) electrons. The van der Waals surface area contributed by atoms with E-state index in [4.69, 9.17) is 37.0 Å². The standard InChI is InChI=1S/C72H140O17P2/c1-7-9-11-13-15-16-17-18-19-20-21-22-23-24-25-28-32-38-44-50-56-71(76)88-68(61-83-70(75)55-49-43-37-31-29-26-27-30-35-40-46-52-64(3)4)63-87-91(80,81)85-59-66(73)58-84-90(78,79)86-62-67(60-82-69(74)54-48-42-34-14-12-10-8-2)89-72(77)57-51-45-39-33-36-41-47-53-65(5)6/h64-68,73H,7-63H2,1-6H3,(H,78,79)(H,80,81)/t66-,67+,68+/m0/s1. The predicted molar refractivity (Wildman–Crippen MR) is 368 cm³/mol. The second kappa shape index (κ2) is 64.1. The van der Waals surface area contributed by atoms with Crippen molar-refractivity contribution in [2.45, 2.75) is 387 Å². The van der Waals surface area contributed by atoms with Gasteiger partial charge in [0.1, 0.15) is 19.3 Å². The molecule has 0 saturated carbocycles. The lowest BCUT2D eigenvalue weighted by Crippen LogP contribution is -2.30. The molecular weight excluding hydrogens is 1200 g/mol. The van der Waals surface area contributed by atoms with Crippen LogP contribution in [0, 0.1) is 11.8 Å². The number of unbranched alkanes of at least 4 members (excludes halogenated alkanes) is 41. The summed E-state index contributed by atoms with van der Waals surface area (Å²) in [5.74, 6) is -0.662. The number of phosphoric ester groups is 2. The third-order valence-corrected chi connectivity index (χ3v) is 18.6. The maximum Gasteiger partial charge on any atom is 0.472 e. The van der Waals surface area contributed by atoms with Crippen LogP contribution in [0.1, 0.15) is 369 Å². The summed E-state index contributed by atoms with van der Waals surface area (Å²) in [6, 6.07) is 0. The number of ether oxygens (including phenoxy) is 4. The molecule has 0 aromatic carbocycles. The van der Waals surface area contributed by atoms with Crippen LogP contribution in [0.15, 0.2) is 0 Å². The molecule has 3 N–H and O–H groups in total. The molecule has 0 aromatic rings. The zero-order valence-electron chi connectivity index (χ0n) is 59.1. The molecule has 0 amide bonds. The highest BCUT2D eigenvalue weighted by atomic mass is 31.2. The highest BCUT2D eigenvalue weighted by molar-refractivity contribution is 7.47. The van der Waals surface area contributed by atoms with Crippen LogP contribution in [-0.4, -0.2) is 96.7 Å². The number of aliphatic hydroxyl groups is 1. The smallest absolute Gasteiger partial charge is 0.462 e. The van der Waals surface area contributed by atoms with Gasteiger partial charge in [0.15, 0.2) is 12.2 Å². The van der Waals surface area contributed by atoms with E-state index in [1.54, 1.807) is 0 Å². The van der Waals surface area contributed by atoms with Crippen LogP contribution >= 0.6 is 15.6 Å². The average Bonchev–Trinajstić information content (AvgIpc) is 3.29. The molecule has 0 aliphatic carbocycles. The third-order valence-electron chi connectivity index (χ3n) is 16.7. The Bertz CT molecular complexity index is 1770. The van der Waals surface area contributed by atoms with Gasteiger partial charge in [-0.1, -0.05) is 318 Å². The summed E-state index contributed by atoms with van der Waals surface area (Å²) in [5.41, 5.74) is 0. The van der Waals surface area contributed by atoms with Crippen molar-refractivity contribution >= 4 is 39.5 Å². The lowest BCUT2D eigenvalue weighted by molar-refractivity contribution is -0.161. The Balaban J connectivity index is 5.17. The molecule has 0 heterocycles. The van der Waals surface area contributed by atoms with Gasteiger partial charge in [0, 0.05) is 25.7 Å². The zero-order chi connectivity index (χ0) is 67.2. The molecule has 0 aliphatic rings. The van der Waals surface area contributed by atoms with Crippen molar-refractivity contribution in [2.75, 3.05) is 39.6 Å². The van der Waals surface area contributed by atoms with Crippen molar-refractivity contribution in [3.05, 3.63) is 0 Å². The highest BCUT2D eigenvalue weighted by Crippen LogP contribution is 2.45. The number of aliphatic hydroxyl groups excluding tert-OH is 1. The number of hydrogen-bond acceptors (Lipinski definition) is 15. The first-order valence-electron chi connectivity index (χ1n) is 37.5. The Kier molecular flexibility index (Phi) is 62.7. The molecule has 0 rings (SSSR count). The number of phosphoric acid groups is 2. The van der Waals surface area contributed by atoms with Gasteiger partial charge in [-0.15, -0.1) is 0 Å². The Morgan fingerprint density at radius 3 is 0.747 bits per heavy atom. The summed E-state index contributed by atoms with van der Waals surface area (Å²) >= 11 is 0. The maximum absolute atomic E-state index is 13.0. The lowest BCUT2D eigenvalue weighted by atomic mass is 10.0. The highest BCUT2D eigenvalue weighted by Gasteiger charge is 2.30. The Morgan fingerprint density at radius 1 is 0.297 bits per heavy atom. The van der Waals surface area contributed by atoms with E-state index in [1.165, 1.54) is 173 Å². The number of esters is 4. The summed E-state index contributed by atoms with van der Waals surface area (Å²) < 4.78 is 68.2. The summed E-state index contributed by atoms with van der Waals surface area (Å²) in [4.78, 5) is 72.4. The van der Waals surface area contributed by atoms with Crippen molar-refractivity contribution in [3.63, 3.8) is 0 Å². The molecule has 0 aliphatic heterocycles. The molecule has 0 saturated heterocycles. The number of carbonyl (C=O) groups is 4. The first-order valence-corrected chi connectivity index (χ1v) is 40.5. The van der Waals surface area contributed by atoms with E-state index in [2.05, 4.69) is 41.5 Å². The van der Waals surface area contributed by atoms with E-state index in [0.29, 0.717) is 31.6 Å². The van der Waals surface area contributed by atoms with E-state index < -0.39 is 97.5 Å². The predicted octanol–water partition coefficient (Wildman–Crippen LogP) is 20.8. The third kappa shape index (κ3) is 66.5. The van der Waals surface area contributed by atoms with Crippen molar-refractivity contribution < 1.29 is 80.2 Å². The minimum atomic E-state index is -4.95. The van der Waals surface area contributed by atoms with Gasteiger partial charge in [0.25, 0.3) is 0 Å². The molecule has 2 unspecified atom stereocenters. The molecule has 5 atom stereocenters. The monoisotopic (exact) mass is 1340 g/mol. The fourth-order valence-corrected chi connectivity index (χ4v) is 12.5. The number of carbonyl (C=O) groups excluding carboxylic acids is 4. The molecule has 0 spiro atoms. The molecule has 17 nitrogen and oxygen atoms in total. The number of hydrogen-bond donors (Lipinski definition) is 3. The van der Waals surface area contributed by atoms with Gasteiger partial charge in [0.05, 0.1) is 26.4 Å². The fourth-order valence-electron chi connectivity index (χ4n) is 10.9. The molecule has 0 aromatic heterocycles. The Hall–Kier alpha value is -1.94. The van der Waals surface area contributed by atoms with Crippen LogP contribution in [0.25, 0.3) is 0 Å². The van der Waals surface area contributed by atoms with Crippen molar-refractivity contribution in [2.24, 2.45) is 11.8 Å². The van der Waals surface area contributed by atoms with Gasteiger partial charge in [-0.25, -0.2) is 9.13 Å². The minimum Gasteiger partial charge on any atom is -0.462 e. The van der Waals surface area contributed by atoms with Crippen LogP contribution < -0.4 is 0 Å². The van der Waals surface area contributed by atoms with Gasteiger partial charge in [0.2, 0.25) is 0 Å². The SMILES string of the molecule is CCCCCCCCCCCCCCCCCCCCCCC(=O)O[C@H](COC(=O)CCCCCCCCCCCCCC(C)C)COP(=O)(O)OC[C@@H](O)COP(=O)(O)OC[C@@H](COC(=O)CCCCCCCCC)OC(=O)CCCCCCCCCC(C)C. The van der Waals surface area contributed by atoms with Crippen LogP contribution in [0.4, 0.5) is 0 Å². The van der Waals surface area contributed by atoms with Crippen LogP contribution in [0.2, 0.25) is 0 Å². The molecule has 91 heavy (non-hydrogen) atoms. The van der Waals surface area contributed by atoms with E-state index in [1.807, 2.05) is 0 Å². The van der Waals surface area contributed by atoms with Crippen LogP contribution in [-0.2, 0) is 65.4 Å². The second-order valence-corrected chi connectivity index (χ2v) is 29.8. The maximum atomic E-state index is 13.0. The minimum absolute atomic E-state index is 0.103. The Morgan fingerprint density at radius 2 is 0.505 bits per heavy atom. The normalized spacial score (nSPS) is 14.1. The Labute approximate surface area is 556 Å². The van der Waals surface area contributed by atoms with E-state index in [9.17, 15) is 43.2 Å². The van der Waals surface area contributed by atoms with Crippen LogP contribution in [0.3, 0.4) is 0 Å². The average molecular weight is 1340 g/mol. The van der Waals surface area contributed by atoms with Crippen molar-refractivity contribution in [1.29, 1.82) is 0 Å². The van der Waals surface area contributed by atoms with Gasteiger partial charge < -0.3 is 33.8 Å². The largest absolute Gasteiger partial charge is 0.472 e. The van der Waals surface area contributed by atoms with Gasteiger partial charge in [-0.3, -0.25) is 37.3 Å². The lowest BCUT2D eigenvalue weighted by Gasteiger charge is -2.21. The quantitative estimate of drug-likeness (QED) is 0.0222. The van der Waals surface area contributed by atoms with Crippen molar-refractivity contribution in [3.8, 4) is 0 Å². The van der Waals surface area contributed by atoms with E-state index in [-0.39, 0.29) is 25.7 Å². The number of rotatable bonds is 71. The fraction of sp³-hybridized carbons (Fsp3) is 0.944. The molecule has 540 valence electrons. The van der Waals surface area contributed by atoms with Crippen LogP contribution in [0.5, 0.6) is 0 Å². The second-order valence-electron chi connectivity index (χ2n) is 26.9. The summed E-state index contributed by atoms with van der Waals surface area (Å²) in [7, 11) is -9.90.